The first-order valence-corrected chi connectivity index (χ1v) is 10.2. The standard InChI is InChI=1S/C19H20BrN3OS/c20-17-15-5-1-2-6-16(15)21-18(17)19(24)23-11-9-22(10-12-23)8-7-14-4-3-13-25-14/h1-6,13,21H,7-12H2. The maximum atomic E-state index is 12.9. The maximum Gasteiger partial charge on any atom is 0.271 e. The van der Waals surface area contributed by atoms with E-state index >= 15 is 0 Å². The molecular weight excluding hydrogens is 398 g/mol. The number of benzene rings is 1. The van der Waals surface area contributed by atoms with E-state index in [1.54, 1.807) is 0 Å². The van der Waals surface area contributed by atoms with Crippen LogP contribution in [0.15, 0.2) is 46.3 Å². The monoisotopic (exact) mass is 417 g/mol. The highest BCUT2D eigenvalue weighted by Gasteiger charge is 2.25. The number of thiophene rings is 1. The summed E-state index contributed by atoms with van der Waals surface area (Å²) < 4.78 is 0.869. The fourth-order valence-electron chi connectivity index (χ4n) is 3.31. The van der Waals surface area contributed by atoms with E-state index in [9.17, 15) is 4.79 Å². The van der Waals surface area contributed by atoms with Crippen molar-refractivity contribution < 1.29 is 4.79 Å². The van der Waals surface area contributed by atoms with Gasteiger partial charge in [-0.2, -0.15) is 0 Å². The average Bonchev–Trinajstić information content (AvgIpc) is 3.28. The summed E-state index contributed by atoms with van der Waals surface area (Å²) >= 11 is 5.41. The molecule has 1 aliphatic rings. The fourth-order valence-corrected chi connectivity index (χ4v) is 4.62. The number of aromatic nitrogens is 1. The number of hydrogen-bond acceptors (Lipinski definition) is 3. The second-order valence-electron chi connectivity index (χ2n) is 6.32. The zero-order valence-corrected chi connectivity index (χ0v) is 16.3. The predicted molar refractivity (Wildman–Crippen MR) is 106 cm³/mol. The predicted octanol–water partition coefficient (Wildman–Crippen LogP) is 3.99. The van der Waals surface area contributed by atoms with Crippen molar-refractivity contribution in [2.75, 3.05) is 32.7 Å². The molecule has 0 saturated carbocycles. The molecule has 0 aliphatic carbocycles. The number of piperazine rings is 1. The molecule has 1 saturated heterocycles. The van der Waals surface area contributed by atoms with Gasteiger partial charge in [0.2, 0.25) is 0 Å². The SMILES string of the molecule is O=C(c1[nH]c2ccccc2c1Br)N1CCN(CCc2cccs2)CC1. The van der Waals surface area contributed by atoms with Gasteiger partial charge in [0, 0.05) is 48.5 Å². The van der Waals surface area contributed by atoms with Crippen LogP contribution in [0, 0.1) is 0 Å². The second-order valence-corrected chi connectivity index (χ2v) is 8.15. The topological polar surface area (TPSA) is 39.3 Å². The molecule has 4 nitrogen and oxygen atoms in total. The molecule has 1 amide bonds. The molecule has 3 aromatic rings. The molecule has 2 aromatic heterocycles. The number of H-pyrrole nitrogens is 1. The number of para-hydroxylation sites is 1. The minimum atomic E-state index is 0.0842. The summed E-state index contributed by atoms with van der Waals surface area (Å²) in [5, 5.41) is 3.19. The molecule has 6 heteroatoms. The molecule has 0 unspecified atom stereocenters. The van der Waals surface area contributed by atoms with Gasteiger partial charge in [-0.25, -0.2) is 0 Å². The summed E-state index contributed by atoms with van der Waals surface area (Å²) in [5.41, 5.74) is 1.65. The summed E-state index contributed by atoms with van der Waals surface area (Å²) in [5.74, 6) is 0.0842. The van der Waals surface area contributed by atoms with E-state index in [1.807, 2.05) is 40.5 Å². The van der Waals surface area contributed by atoms with Crippen molar-refractivity contribution in [2.24, 2.45) is 0 Å². The lowest BCUT2D eigenvalue weighted by Crippen LogP contribution is -2.49. The van der Waals surface area contributed by atoms with Crippen LogP contribution >= 0.6 is 27.3 Å². The summed E-state index contributed by atoms with van der Waals surface area (Å²) in [6, 6.07) is 12.3. The van der Waals surface area contributed by atoms with E-state index < -0.39 is 0 Å². The Balaban J connectivity index is 1.38. The van der Waals surface area contributed by atoms with E-state index in [-0.39, 0.29) is 5.91 Å². The van der Waals surface area contributed by atoms with Gasteiger partial charge in [-0.3, -0.25) is 9.69 Å². The van der Waals surface area contributed by atoms with E-state index in [0.717, 1.165) is 54.5 Å². The molecule has 0 bridgehead atoms. The van der Waals surface area contributed by atoms with Crippen molar-refractivity contribution in [1.82, 2.24) is 14.8 Å². The van der Waals surface area contributed by atoms with E-state index in [1.165, 1.54) is 4.88 Å². The Kier molecular flexibility index (Phi) is 4.92. The number of nitrogens with one attached hydrogen (secondary N) is 1. The number of hydrogen-bond donors (Lipinski definition) is 1. The number of nitrogens with zero attached hydrogens (tertiary/aromatic N) is 2. The molecular formula is C19H20BrN3OS. The van der Waals surface area contributed by atoms with Crippen LogP contribution in [0.2, 0.25) is 0 Å². The van der Waals surface area contributed by atoms with Gasteiger partial charge in [0.1, 0.15) is 5.69 Å². The first-order chi connectivity index (χ1) is 12.2. The van der Waals surface area contributed by atoms with Gasteiger partial charge in [0.15, 0.2) is 0 Å². The largest absolute Gasteiger partial charge is 0.350 e. The van der Waals surface area contributed by atoms with Crippen LogP contribution in [0.5, 0.6) is 0 Å². The van der Waals surface area contributed by atoms with Crippen LogP contribution in [0.25, 0.3) is 10.9 Å². The van der Waals surface area contributed by atoms with Crippen LogP contribution in [-0.2, 0) is 6.42 Å². The van der Waals surface area contributed by atoms with Crippen molar-refractivity contribution in [3.63, 3.8) is 0 Å². The molecule has 1 fully saturated rings. The number of rotatable bonds is 4. The van der Waals surface area contributed by atoms with Crippen molar-refractivity contribution >= 4 is 44.1 Å². The quantitative estimate of drug-likeness (QED) is 0.696. The van der Waals surface area contributed by atoms with Crippen LogP contribution in [0.4, 0.5) is 0 Å². The number of aromatic amines is 1. The van der Waals surface area contributed by atoms with Crippen molar-refractivity contribution in [1.29, 1.82) is 0 Å². The molecule has 0 atom stereocenters. The molecule has 1 aromatic carbocycles. The summed E-state index contributed by atoms with van der Waals surface area (Å²) in [4.78, 5) is 22.0. The first kappa shape index (κ1) is 16.8. The average molecular weight is 418 g/mol. The van der Waals surface area contributed by atoms with Gasteiger partial charge in [0.25, 0.3) is 5.91 Å². The maximum absolute atomic E-state index is 12.9. The lowest BCUT2D eigenvalue weighted by Gasteiger charge is -2.34. The van der Waals surface area contributed by atoms with Gasteiger partial charge in [0.05, 0.1) is 4.47 Å². The van der Waals surface area contributed by atoms with Crippen LogP contribution in [-0.4, -0.2) is 53.4 Å². The van der Waals surface area contributed by atoms with E-state index in [2.05, 4.69) is 43.3 Å². The third kappa shape index (κ3) is 3.52. The first-order valence-electron chi connectivity index (χ1n) is 8.52. The summed E-state index contributed by atoms with van der Waals surface area (Å²) in [7, 11) is 0. The highest BCUT2D eigenvalue weighted by Crippen LogP contribution is 2.28. The molecule has 0 spiro atoms. The van der Waals surface area contributed by atoms with E-state index in [0.29, 0.717) is 5.69 Å². The van der Waals surface area contributed by atoms with E-state index in [4.69, 9.17) is 0 Å². The number of halogens is 1. The van der Waals surface area contributed by atoms with Crippen molar-refractivity contribution in [3.8, 4) is 0 Å². The van der Waals surface area contributed by atoms with Crippen LogP contribution in [0.1, 0.15) is 15.4 Å². The van der Waals surface area contributed by atoms with Gasteiger partial charge < -0.3 is 9.88 Å². The lowest BCUT2D eigenvalue weighted by molar-refractivity contribution is 0.0633. The van der Waals surface area contributed by atoms with Gasteiger partial charge in [-0.1, -0.05) is 24.3 Å². The highest BCUT2D eigenvalue weighted by atomic mass is 79.9. The third-order valence-corrected chi connectivity index (χ3v) is 6.53. The summed E-state index contributed by atoms with van der Waals surface area (Å²) in [6.07, 6.45) is 1.10. The van der Waals surface area contributed by atoms with Crippen molar-refractivity contribution in [3.05, 3.63) is 56.8 Å². The number of carbonyl (C=O) groups excluding carboxylic acids is 1. The Labute approximate surface area is 159 Å². The number of carbonyl (C=O) groups is 1. The Bertz CT molecular complexity index is 866. The molecule has 130 valence electrons. The molecule has 1 aliphatic heterocycles. The minimum absolute atomic E-state index is 0.0842. The third-order valence-electron chi connectivity index (χ3n) is 4.77. The Morgan fingerprint density at radius 3 is 2.64 bits per heavy atom. The zero-order chi connectivity index (χ0) is 17.2. The lowest BCUT2D eigenvalue weighted by atomic mass is 10.2. The molecule has 3 heterocycles. The van der Waals surface area contributed by atoms with Crippen molar-refractivity contribution in [2.45, 2.75) is 6.42 Å². The molecule has 25 heavy (non-hydrogen) atoms. The smallest absolute Gasteiger partial charge is 0.271 e. The normalized spacial score (nSPS) is 15.8. The van der Waals surface area contributed by atoms with Crippen LogP contribution < -0.4 is 0 Å². The van der Waals surface area contributed by atoms with Crippen LogP contribution in [0.3, 0.4) is 0 Å². The summed E-state index contributed by atoms with van der Waals surface area (Å²) in [6.45, 7) is 4.51. The molecule has 4 rings (SSSR count). The Morgan fingerprint density at radius 1 is 1.12 bits per heavy atom. The Hall–Kier alpha value is -1.63. The minimum Gasteiger partial charge on any atom is -0.350 e. The number of amides is 1. The second kappa shape index (κ2) is 7.32. The van der Waals surface area contributed by atoms with Gasteiger partial charge >= 0.3 is 0 Å². The zero-order valence-electron chi connectivity index (χ0n) is 13.9. The molecule has 1 N–H and O–H groups in total. The van der Waals surface area contributed by atoms with Gasteiger partial charge in [-0.05, 0) is 39.9 Å². The molecule has 0 radical (unpaired) electrons. The highest BCUT2D eigenvalue weighted by molar-refractivity contribution is 9.10. The fraction of sp³-hybridized carbons (Fsp3) is 0.316. The Morgan fingerprint density at radius 2 is 1.92 bits per heavy atom. The van der Waals surface area contributed by atoms with Gasteiger partial charge in [-0.15, -0.1) is 11.3 Å². The number of fused-ring (bicyclic) bond motifs is 1.